The zero-order valence-electron chi connectivity index (χ0n) is 14.7. The van der Waals surface area contributed by atoms with E-state index in [2.05, 4.69) is 10.6 Å². The molecule has 8 heteroatoms. The van der Waals surface area contributed by atoms with Crippen molar-refractivity contribution in [2.45, 2.75) is 13.3 Å². The SMILES string of the molecule is Cc1ccc(NC(=O)CN(C)C)cc1NC(=O)C1CCOC1.O=CO. The van der Waals surface area contributed by atoms with Gasteiger partial charge in [0.1, 0.15) is 0 Å². The summed E-state index contributed by atoms with van der Waals surface area (Å²) in [6, 6.07) is 5.50. The number of nitrogens with zero attached hydrogens (tertiary/aromatic N) is 1. The maximum absolute atomic E-state index is 12.2. The summed E-state index contributed by atoms with van der Waals surface area (Å²) in [7, 11) is 3.67. The quantitative estimate of drug-likeness (QED) is 0.687. The number of carboxylic acid groups (broad SMARTS) is 1. The van der Waals surface area contributed by atoms with Crippen LogP contribution in [0.4, 0.5) is 11.4 Å². The maximum Gasteiger partial charge on any atom is 0.290 e. The molecule has 0 aromatic heterocycles. The van der Waals surface area contributed by atoms with Crippen LogP contribution in [0.15, 0.2) is 18.2 Å². The maximum atomic E-state index is 12.2. The van der Waals surface area contributed by atoms with Gasteiger partial charge in [-0.15, -0.1) is 0 Å². The van der Waals surface area contributed by atoms with E-state index >= 15 is 0 Å². The number of aryl methyl sites for hydroxylation is 1. The highest BCUT2D eigenvalue weighted by atomic mass is 16.5. The minimum Gasteiger partial charge on any atom is -0.483 e. The largest absolute Gasteiger partial charge is 0.483 e. The van der Waals surface area contributed by atoms with E-state index < -0.39 is 0 Å². The van der Waals surface area contributed by atoms with Crippen LogP contribution < -0.4 is 10.6 Å². The van der Waals surface area contributed by atoms with E-state index in [0.717, 1.165) is 17.7 Å². The smallest absolute Gasteiger partial charge is 0.290 e. The van der Waals surface area contributed by atoms with E-state index in [1.807, 2.05) is 33.2 Å². The number of carbonyl (C=O) groups is 3. The van der Waals surface area contributed by atoms with Crippen molar-refractivity contribution in [3.05, 3.63) is 23.8 Å². The molecule has 1 fully saturated rings. The van der Waals surface area contributed by atoms with Gasteiger partial charge in [0.15, 0.2) is 0 Å². The second-order valence-corrected chi connectivity index (χ2v) is 5.97. The van der Waals surface area contributed by atoms with Gasteiger partial charge in [-0.25, -0.2) is 0 Å². The van der Waals surface area contributed by atoms with Crippen molar-refractivity contribution in [3.8, 4) is 0 Å². The predicted octanol–water partition coefficient (Wildman–Crippen LogP) is 1.17. The minimum atomic E-state index is -0.250. The summed E-state index contributed by atoms with van der Waals surface area (Å²) < 4.78 is 5.24. The van der Waals surface area contributed by atoms with Crippen molar-refractivity contribution in [1.82, 2.24) is 4.90 Å². The normalized spacial score (nSPS) is 15.9. The van der Waals surface area contributed by atoms with E-state index in [1.165, 1.54) is 0 Å². The second kappa shape index (κ2) is 10.4. The molecule has 1 aliphatic rings. The molecule has 0 spiro atoms. The third-order valence-corrected chi connectivity index (χ3v) is 3.54. The summed E-state index contributed by atoms with van der Waals surface area (Å²) in [6.07, 6.45) is 0.754. The molecule has 0 saturated carbocycles. The first kappa shape index (κ1) is 20.6. The van der Waals surface area contributed by atoms with Crippen molar-refractivity contribution in [1.29, 1.82) is 0 Å². The number of amides is 2. The standard InChI is InChI=1S/C16H23N3O3.CH2O2/c1-11-4-5-13(17-15(20)9-19(2)3)8-14(11)18-16(21)12-6-7-22-10-12;2-1-3/h4-5,8,12H,6-7,9-10H2,1-3H3,(H,17,20)(H,18,21);1H,(H,2,3). The monoisotopic (exact) mass is 351 g/mol. The molecule has 2 amide bonds. The van der Waals surface area contributed by atoms with Crippen LogP contribution in [0.25, 0.3) is 0 Å². The summed E-state index contributed by atoms with van der Waals surface area (Å²) in [5.74, 6) is -0.209. The predicted molar refractivity (Wildman–Crippen MR) is 94.6 cm³/mol. The van der Waals surface area contributed by atoms with Crippen LogP contribution in [0, 0.1) is 12.8 Å². The zero-order valence-corrected chi connectivity index (χ0v) is 14.7. The van der Waals surface area contributed by atoms with E-state index in [0.29, 0.717) is 25.4 Å². The summed E-state index contributed by atoms with van der Waals surface area (Å²) in [5, 5.41) is 12.6. The van der Waals surface area contributed by atoms with Crippen LogP contribution in [0.3, 0.4) is 0 Å². The average Bonchev–Trinajstić information content (AvgIpc) is 3.05. The number of rotatable bonds is 5. The van der Waals surface area contributed by atoms with Crippen LogP contribution in [-0.4, -0.2) is 62.1 Å². The number of benzene rings is 1. The Balaban J connectivity index is 0.000000970. The molecule has 2 rings (SSSR count). The van der Waals surface area contributed by atoms with Crippen molar-refractivity contribution in [2.24, 2.45) is 5.92 Å². The van der Waals surface area contributed by atoms with Gasteiger partial charge in [0.25, 0.3) is 6.47 Å². The molecule has 3 N–H and O–H groups in total. The molecule has 0 radical (unpaired) electrons. The number of nitrogens with one attached hydrogen (secondary N) is 2. The van der Waals surface area contributed by atoms with Gasteiger partial charge < -0.3 is 25.4 Å². The molecule has 0 aliphatic carbocycles. The Morgan fingerprint density at radius 3 is 2.60 bits per heavy atom. The lowest BCUT2D eigenvalue weighted by molar-refractivity contribution is -0.123. The third-order valence-electron chi connectivity index (χ3n) is 3.54. The summed E-state index contributed by atoms with van der Waals surface area (Å²) >= 11 is 0. The van der Waals surface area contributed by atoms with Gasteiger partial charge in [-0.05, 0) is 45.1 Å². The molecule has 8 nitrogen and oxygen atoms in total. The number of anilines is 2. The van der Waals surface area contributed by atoms with E-state index in [4.69, 9.17) is 14.6 Å². The Bertz CT molecular complexity index is 598. The van der Waals surface area contributed by atoms with Crippen molar-refractivity contribution in [2.75, 3.05) is 44.5 Å². The van der Waals surface area contributed by atoms with E-state index in [1.54, 1.807) is 11.0 Å². The lowest BCUT2D eigenvalue weighted by atomic mass is 10.1. The average molecular weight is 351 g/mol. The first-order chi connectivity index (χ1) is 11.9. The molecule has 1 aliphatic heterocycles. The van der Waals surface area contributed by atoms with E-state index in [9.17, 15) is 9.59 Å². The molecule has 1 unspecified atom stereocenters. The topological polar surface area (TPSA) is 108 Å². The minimum absolute atomic E-state index is 0.0302. The van der Waals surface area contributed by atoms with E-state index in [-0.39, 0.29) is 24.2 Å². The van der Waals surface area contributed by atoms with Gasteiger partial charge in [0.2, 0.25) is 11.8 Å². The van der Waals surface area contributed by atoms with Crippen LogP contribution >= 0.6 is 0 Å². The second-order valence-electron chi connectivity index (χ2n) is 5.97. The molecular formula is C17H25N3O5. The summed E-state index contributed by atoms with van der Waals surface area (Å²) in [4.78, 5) is 34.1. The van der Waals surface area contributed by atoms with Gasteiger partial charge in [0.05, 0.1) is 19.1 Å². The zero-order chi connectivity index (χ0) is 18.8. The molecule has 138 valence electrons. The van der Waals surface area contributed by atoms with Gasteiger partial charge >= 0.3 is 0 Å². The third kappa shape index (κ3) is 7.32. The first-order valence-corrected chi connectivity index (χ1v) is 7.89. The molecule has 1 aromatic carbocycles. The molecule has 25 heavy (non-hydrogen) atoms. The highest BCUT2D eigenvalue weighted by Crippen LogP contribution is 2.22. The highest BCUT2D eigenvalue weighted by Gasteiger charge is 2.23. The van der Waals surface area contributed by atoms with Gasteiger partial charge in [0, 0.05) is 18.0 Å². The Morgan fingerprint density at radius 1 is 1.36 bits per heavy atom. The Morgan fingerprint density at radius 2 is 2.04 bits per heavy atom. The van der Waals surface area contributed by atoms with Crippen molar-refractivity contribution in [3.63, 3.8) is 0 Å². The molecule has 1 saturated heterocycles. The molecule has 1 aromatic rings. The van der Waals surface area contributed by atoms with Crippen LogP contribution in [0.1, 0.15) is 12.0 Å². The van der Waals surface area contributed by atoms with Gasteiger partial charge in [-0.2, -0.15) is 0 Å². The number of hydrogen-bond donors (Lipinski definition) is 3. The van der Waals surface area contributed by atoms with Crippen LogP contribution in [0.5, 0.6) is 0 Å². The Hall–Kier alpha value is -2.45. The lowest BCUT2D eigenvalue weighted by Crippen LogP contribution is -2.27. The van der Waals surface area contributed by atoms with Crippen molar-refractivity contribution < 1.29 is 24.2 Å². The molecule has 1 heterocycles. The summed E-state index contributed by atoms with van der Waals surface area (Å²) in [5.41, 5.74) is 2.35. The highest BCUT2D eigenvalue weighted by molar-refractivity contribution is 5.96. The fourth-order valence-electron chi connectivity index (χ4n) is 2.30. The van der Waals surface area contributed by atoms with Crippen LogP contribution in [0.2, 0.25) is 0 Å². The molecular weight excluding hydrogens is 326 g/mol. The number of ether oxygens (including phenoxy) is 1. The van der Waals surface area contributed by atoms with Gasteiger partial charge in [-0.3, -0.25) is 14.4 Å². The van der Waals surface area contributed by atoms with Crippen molar-refractivity contribution >= 4 is 29.7 Å². The Labute approximate surface area is 147 Å². The van der Waals surface area contributed by atoms with Gasteiger partial charge in [-0.1, -0.05) is 6.07 Å². The Kier molecular flexibility index (Phi) is 8.59. The summed E-state index contributed by atoms with van der Waals surface area (Å²) in [6.45, 7) is 3.10. The number of likely N-dealkylation sites (N-methyl/N-ethyl adjacent to an activating group) is 1. The molecule has 0 bridgehead atoms. The van der Waals surface area contributed by atoms with Crippen LogP contribution in [-0.2, 0) is 19.1 Å². The fourth-order valence-corrected chi connectivity index (χ4v) is 2.30. The molecule has 1 atom stereocenters. The fraction of sp³-hybridized carbons (Fsp3) is 0.471. The first-order valence-electron chi connectivity index (χ1n) is 7.89. The number of hydrogen-bond acceptors (Lipinski definition) is 5. The lowest BCUT2D eigenvalue weighted by Gasteiger charge is -2.14. The number of carbonyl (C=O) groups excluding carboxylic acids is 2.